The Morgan fingerprint density at radius 1 is 1.26 bits per heavy atom. The van der Waals surface area contributed by atoms with E-state index in [1.54, 1.807) is 0 Å². The third-order valence-corrected chi connectivity index (χ3v) is 5.65. The molecule has 2 saturated heterocycles. The Labute approximate surface area is 161 Å². The molecule has 0 bridgehead atoms. The number of rotatable bonds is 4. The Hall–Kier alpha value is -2.08. The summed E-state index contributed by atoms with van der Waals surface area (Å²) in [5.74, 6) is 0.143. The molecule has 2 aliphatic heterocycles. The molecule has 1 aromatic carbocycles. The Bertz CT molecular complexity index is 694. The molecule has 2 amide bonds. The maximum Gasteiger partial charge on any atom is 0.253 e. The second kappa shape index (κ2) is 7.89. The fraction of sp³-hybridized carbons (Fsp3) is 0.619. The summed E-state index contributed by atoms with van der Waals surface area (Å²) in [4.78, 5) is 28.7. The monoisotopic (exact) mass is 373 g/mol. The molecule has 1 N–H and O–H groups in total. The van der Waals surface area contributed by atoms with Gasteiger partial charge in [-0.2, -0.15) is 0 Å². The molecule has 6 heteroatoms. The van der Waals surface area contributed by atoms with Gasteiger partial charge in [-0.3, -0.25) is 9.59 Å². The molecule has 3 rings (SSSR count). The molecular formula is C21H31N3O3. The highest BCUT2D eigenvalue weighted by Gasteiger charge is 2.44. The molecular weight excluding hydrogens is 342 g/mol. The van der Waals surface area contributed by atoms with Crippen molar-refractivity contribution in [3.8, 4) is 0 Å². The van der Waals surface area contributed by atoms with Crippen molar-refractivity contribution in [2.24, 2.45) is 5.92 Å². The molecule has 0 radical (unpaired) electrons. The number of amides is 2. The van der Waals surface area contributed by atoms with Crippen molar-refractivity contribution in [3.63, 3.8) is 0 Å². The van der Waals surface area contributed by atoms with Crippen LogP contribution < -0.4 is 10.2 Å². The van der Waals surface area contributed by atoms with Crippen LogP contribution in [0, 0.1) is 5.92 Å². The van der Waals surface area contributed by atoms with E-state index in [0.29, 0.717) is 19.7 Å². The molecule has 2 fully saturated rings. The lowest BCUT2D eigenvalue weighted by atomic mass is 9.87. The predicted octanol–water partition coefficient (Wildman–Crippen LogP) is 2.29. The molecule has 2 heterocycles. The van der Waals surface area contributed by atoms with E-state index in [9.17, 15) is 9.59 Å². The Balaban J connectivity index is 1.57. The van der Waals surface area contributed by atoms with Crippen LogP contribution in [-0.4, -0.2) is 62.1 Å². The number of nitrogens with one attached hydrogen (secondary N) is 1. The highest BCUT2D eigenvalue weighted by Crippen LogP contribution is 2.36. The molecule has 0 aliphatic carbocycles. The number of carbonyl (C=O) groups is 2. The number of benzene rings is 1. The van der Waals surface area contributed by atoms with E-state index < -0.39 is 0 Å². The number of hydrogen-bond acceptors (Lipinski definition) is 4. The van der Waals surface area contributed by atoms with Crippen molar-refractivity contribution >= 4 is 17.5 Å². The minimum absolute atomic E-state index is 0.0149. The number of carbonyl (C=O) groups excluding carboxylic acids is 2. The summed E-state index contributed by atoms with van der Waals surface area (Å²) >= 11 is 0. The summed E-state index contributed by atoms with van der Waals surface area (Å²) < 4.78 is 6.10. The number of piperidine rings is 1. The molecule has 1 aromatic rings. The van der Waals surface area contributed by atoms with Gasteiger partial charge in [-0.15, -0.1) is 0 Å². The molecule has 1 atom stereocenters. The van der Waals surface area contributed by atoms with Crippen LogP contribution in [0.25, 0.3) is 0 Å². The van der Waals surface area contributed by atoms with Crippen LogP contribution in [0.3, 0.4) is 0 Å². The maximum absolute atomic E-state index is 12.9. The van der Waals surface area contributed by atoms with Crippen LogP contribution in [0.5, 0.6) is 0 Å². The van der Waals surface area contributed by atoms with E-state index in [4.69, 9.17) is 4.74 Å². The van der Waals surface area contributed by atoms with E-state index in [-0.39, 0.29) is 29.4 Å². The highest BCUT2D eigenvalue weighted by molar-refractivity contribution is 5.95. The molecule has 27 heavy (non-hydrogen) atoms. The quantitative estimate of drug-likeness (QED) is 0.880. The molecule has 6 nitrogen and oxygen atoms in total. The average molecular weight is 373 g/mol. The van der Waals surface area contributed by atoms with Gasteiger partial charge in [0.05, 0.1) is 18.2 Å². The van der Waals surface area contributed by atoms with Crippen molar-refractivity contribution in [1.29, 1.82) is 0 Å². The Morgan fingerprint density at radius 3 is 2.59 bits per heavy atom. The lowest BCUT2D eigenvalue weighted by Gasteiger charge is -2.38. The Morgan fingerprint density at radius 2 is 1.96 bits per heavy atom. The molecule has 2 aliphatic rings. The number of hydrogen-bond donors (Lipinski definition) is 1. The average Bonchev–Trinajstić information content (AvgIpc) is 3.04. The zero-order valence-electron chi connectivity index (χ0n) is 16.8. The second-order valence-electron chi connectivity index (χ2n) is 8.30. The zero-order chi connectivity index (χ0) is 19.6. The first-order valence-corrected chi connectivity index (χ1v) is 9.81. The van der Waals surface area contributed by atoms with Crippen LogP contribution >= 0.6 is 0 Å². The number of nitrogens with zero attached hydrogens (tertiary/aromatic N) is 2. The lowest BCUT2D eigenvalue weighted by molar-refractivity contribution is -0.124. The topological polar surface area (TPSA) is 61.9 Å². The van der Waals surface area contributed by atoms with E-state index in [1.807, 2.05) is 62.0 Å². The molecule has 0 aromatic heterocycles. The van der Waals surface area contributed by atoms with Gasteiger partial charge in [-0.05, 0) is 37.5 Å². The first kappa shape index (κ1) is 19.7. The van der Waals surface area contributed by atoms with E-state index >= 15 is 0 Å². The first-order valence-electron chi connectivity index (χ1n) is 9.81. The van der Waals surface area contributed by atoms with Crippen molar-refractivity contribution in [2.75, 3.05) is 38.7 Å². The Kier molecular flexibility index (Phi) is 5.75. The number of ether oxygens (including phenoxy) is 1. The molecule has 0 saturated carbocycles. The summed E-state index contributed by atoms with van der Waals surface area (Å²) in [5.41, 5.74) is 1.56. The maximum atomic E-state index is 12.9. The molecule has 0 unspecified atom stereocenters. The second-order valence-corrected chi connectivity index (χ2v) is 8.30. The van der Waals surface area contributed by atoms with Crippen LogP contribution in [0.1, 0.15) is 43.5 Å². The normalized spacial score (nSPS) is 21.5. The first-order chi connectivity index (χ1) is 12.8. The fourth-order valence-electron chi connectivity index (χ4n) is 3.87. The van der Waals surface area contributed by atoms with Crippen molar-refractivity contribution < 1.29 is 14.3 Å². The van der Waals surface area contributed by atoms with E-state index in [1.165, 1.54) is 0 Å². The molecule has 148 valence electrons. The SMILES string of the molecule is CC(C)C(=O)N[C@H]1COC2(CCN(C(=O)c3cccc(N(C)C)c3)CC2)C1. The molecule has 1 spiro atoms. The summed E-state index contributed by atoms with van der Waals surface area (Å²) in [5, 5.41) is 3.08. The van der Waals surface area contributed by atoms with Gasteiger partial charge in [-0.1, -0.05) is 19.9 Å². The van der Waals surface area contributed by atoms with Gasteiger partial charge in [0.15, 0.2) is 0 Å². The van der Waals surface area contributed by atoms with Gasteiger partial charge in [-0.25, -0.2) is 0 Å². The summed E-state index contributed by atoms with van der Waals surface area (Å²) in [6, 6.07) is 7.83. The van der Waals surface area contributed by atoms with Gasteiger partial charge in [0.2, 0.25) is 5.91 Å². The fourth-order valence-corrected chi connectivity index (χ4v) is 3.87. The minimum atomic E-state index is -0.197. The summed E-state index contributed by atoms with van der Waals surface area (Å²) in [6.45, 7) is 5.75. The largest absolute Gasteiger partial charge is 0.378 e. The summed E-state index contributed by atoms with van der Waals surface area (Å²) in [6.07, 6.45) is 2.48. The summed E-state index contributed by atoms with van der Waals surface area (Å²) in [7, 11) is 3.94. The van der Waals surface area contributed by atoms with Gasteiger partial charge in [0, 0.05) is 44.4 Å². The smallest absolute Gasteiger partial charge is 0.253 e. The van der Waals surface area contributed by atoms with Crippen LogP contribution in [-0.2, 0) is 9.53 Å². The number of anilines is 1. The van der Waals surface area contributed by atoms with Crippen LogP contribution in [0.4, 0.5) is 5.69 Å². The third kappa shape index (κ3) is 4.43. The standard InChI is InChI=1S/C21H31N3O3/c1-15(2)19(25)22-17-13-21(27-14-17)8-10-24(11-9-21)20(26)16-6-5-7-18(12-16)23(3)4/h5-7,12,15,17H,8-11,13-14H2,1-4H3,(H,22,25)/t17-/m1/s1. The van der Waals surface area contributed by atoms with Gasteiger partial charge < -0.3 is 19.9 Å². The van der Waals surface area contributed by atoms with E-state index in [0.717, 1.165) is 30.5 Å². The van der Waals surface area contributed by atoms with Crippen LogP contribution in [0.2, 0.25) is 0 Å². The predicted molar refractivity (Wildman–Crippen MR) is 106 cm³/mol. The highest BCUT2D eigenvalue weighted by atomic mass is 16.5. The van der Waals surface area contributed by atoms with Gasteiger partial charge in [0.1, 0.15) is 0 Å². The lowest BCUT2D eigenvalue weighted by Crippen LogP contribution is -2.47. The minimum Gasteiger partial charge on any atom is -0.378 e. The van der Waals surface area contributed by atoms with Crippen molar-refractivity contribution in [1.82, 2.24) is 10.2 Å². The third-order valence-electron chi connectivity index (χ3n) is 5.65. The van der Waals surface area contributed by atoms with Gasteiger partial charge >= 0.3 is 0 Å². The number of likely N-dealkylation sites (tertiary alicyclic amines) is 1. The van der Waals surface area contributed by atoms with E-state index in [2.05, 4.69) is 5.32 Å². The zero-order valence-corrected chi connectivity index (χ0v) is 16.8. The van der Waals surface area contributed by atoms with Crippen molar-refractivity contribution in [2.45, 2.75) is 44.8 Å². The van der Waals surface area contributed by atoms with Crippen LogP contribution in [0.15, 0.2) is 24.3 Å². The van der Waals surface area contributed by atoms with Gasteiger partial charge in [0.25, 0.3) is 5.91 Å². The van der Waals surface area contributed by atoms with Crippen molar-refractivity contribution in [3.05, 3.63) is 29.8 Å².